The number of carbonyl (C=O) groups is 1. The Morgan fingerprint density at radius 2 is 1.97 bits per heavy atom. The van der Waals surface area contributed by atoms with Gasteiger partial charge in [-0.3, -0.25) is 10.1 Å². The van der Waals surface area contributed by atoms with Gasteiger partial charge in [0, 0.05) is 22.8 Å². The van der Waals surface area contributed by atoms with E-state index >= 15 is 0 Å². The van der Waals surface area contributed by atoms with Crippen molar-refractivity contribution < 1.29 is 24.6 Å². The first-order chi connectivity index (χ1) is 15.6. The molecule has 0 bridgehead atoms. The number of nitrogens with one attached hydrogen (secondary N) is 2. The normalized spacial score (nSPS) is 15.0. The number of para-hydroxylation sites is 1. The van der Waals surface area contributed by atoms with Crippen molar-refractivity contribution in [3.05, 3.63) is 45.6 Å². The first kappa shape index (κ1) is 22.9. The number of anilines is 3. The van der Waals surface area contributed by atoms with E-state index in [9.17, 15) is 15.1 Å². The number of nitrogens with zero attached hydrogens (tertiary/aromatic N) is 3. The molecular weight excluding hydrogens is 442 g/mol. The second-order valence-electron chi connectivity index (χ2n) is 9.36. The summed E-state index contributed by atoms with van der Waals surface area (Å²) < 4.78 is 4.97. The van der Waals surface area contributed by atoms with Crippen LogP contribution in [0.25, 0.3) is 0 Å². The zero-order valence-electron chi connectivity index (χ0n) is 19.3. The number of thiophene rings is 1. The molecule has 1 fully saturated rings. The minimum atomic E-state index is -0.213. The van der Waals surface area contributed by atoms with Crippen LogP contribution in [0.15, 0.2) is 35.0 Å². The first-order valence-corrected chi connectivity index (χ1v) is 11.8. The number of amides is 1. The molecule has 3 aromatic rings. The van der Waals surface area contributed by atoms with Crippen molar-refractivity contribution in [3.63, 3.8) is 0 Å². The molecule has 9 nitrogen and oxygen atoms in total. The van der Waals surface area contributed by atoms with E-state index < -0.39 is 0 Å². The Morgan fingerprint density at radius 1 is 1.24 bits per heavy atom. The van der Waals surface area contributed by atoms with E-state index in [2.05, 4.69) is 55.6 Å². The first-order valence-electron chi connectivity index (χ1n) is 11.0. The lowest BCUT2D eigenvalue weighted by molar-refractivity contribution is -1.03. The Balaban J connectivity index is 1.62. The Bertz CT molecular complexity index is 1140. The van der Waals surface area contributed by atoms with Crippen LogP contribution < -0.4 is 15.5 Å². The van der Waals surface area contributed by atoms with Crippen molar-refractivity contribution in [1.82, 2.24) is 10.1 Å². The molecule has 1 aromatic carbocycles. The van der Waals surface area contributed by atoms with Gasteiger partial charge in [0.25, 0.3) is 5.91 Å². The fraction of sp³-hybridized carbons (Fsp3) is 0.435. The Labute approximate surface area is 196 Å². The highest BCUT2D eigenvalue weighted by Crippen LogP contribution is 2.40. The lowest BCUT2D eigenvalue weighted by Crippen LogP contribution is -2.31. The number of carbonyl (C=O) groups excluding carboxylic acids is 1. The van der Waals surface area contributed by atoms with Crippen LogP contribution in [0.5, 0.6) is 5.75 Å². The quantitative estimate of drug-likeness (QED) is 0.309. The molecule has 2 aromatic heterocycles. The molecule has 0 spiro atoms. The van der Waals surface area contributed by atoms with Crippen molar-refractivity contribution in [3.8, 4) is 5.75 Å². The molecule has 0 radical (unpaired) electrons. The largest absolute Gasteiger partial charge is 0.504 e. The van der Waals surface area contributed by atoms with Crippen molar-refractivity contribution in [2.24, 2.45) is 5.41 Å². The fourth-order valence-corrected chi connectivity index (χ4v) is 5.12. The van der Waals surface area contributed by atoms with Gasteiger partial charge >= 0.3 is 11.6 Å². The molecule has 4 rings (SSSR count). The Morgan fingerprint density at radius 3 is 2.61 bits per heavy atom. The van der Waals surface area contributed by atoms with E-state index in [1.54, 1.807) is 34.4 Å². The molecule has 1 aliphatic rings. The predicted octanol–water partition coefficient (Wildman–Crippen LogP) is 4.45. The number of phenols is 1. The number of rotatable bonds is 6. The number of aromatic nitrogens is 2. The smallest absolute Gasteiger partial charge is 0.370 e. The van der Waals surface area contributed by atoms with E-state index in [1.807, 2.05) is 0 Å². The average Bonchev–Trinajstić information content (AvgIpc) is 3.50. The maximum Gasteiger partial charge on any atom is 0.370 e. The van der Waals surface area contributed by atoms with Crippen molar-refractivity contribution in [2.45, 2.75) is 46.6 Å². The van der Waals surface area contributed by atoms with Crippen LogP contribution >= 0.6 is 11.3 Å². The third kappa shape index (κ3) is 4.75. The number of aryl methyl sites for hydroxylation is 1. The molecular formula is C23H30N5O4S+. The van der Waals surface area contributed by atoms with Gasteiger partial charge in [-0.15, -0.1) is 11.3 Å². The predicted molar refractivity (Wildman–Crippen MR) is 125 cm³/mol. The van der Waals surface area contributed by atoms with Gasteiger partial charge in [0.15, 0.2) is 5.75 Å². The highest BCUT2D eigenvalue weighted by Gasteiger charge is 2.34. The molecule has 1 atom stereocenters. The van der Waals surface area contributed by atoms with E-state index in [0.717, 1.165) is 17.7 Å². The minimum Gasteiger partial charge on any atom is -0.504 e. The zero-order chi connectivity index (χ0) is 23.8. The third-order valence-electron chi connectivity index (χ3n) is 5.73. The van der Waals surface area contributed by atoms with E-state index in [4.69, 9.17) is 4.63 Å². The van der Waals surface area contributed by atoms with Crippen molar-refractivity contribution in [2.75, 3.05) is 23.7 Å². The van der Waals surface area contributed by atoms with Crippen LogP contribution in [0.3, 0.4) is 0 Å². The molecule has 10 heteroatoms. The average molecular weight is 473 g/mol. The SMILES string of the molecule is Cc1ccc([C@H](Nc2no[n+](O)c2Nc2cccc(C(=O)N3CCCC3)c2O)C(C)(C)C)s1. The maximum absolute atomic E-state index is 12.8. The van der Waals surface area contributed by atoms with Crippen LogP contribution in [0.1, 0.15) is 59.8 Å². The van der Waals surface area contributed by atoms with Gasteiger partial charge in [-0.1, -0.05) is 31.5 Å². The Kier molecular flexibility index (Phi) is 6.20. The van der Waals surface area contributed by atoms with Crippen molar-refractivity contribution >= 4 is 34.6 Å². The molecule has 176 valence electrons. The number of aromatic hydroxyl groups is 1. The molecule has 3 heterocycles. The standard InChI is InChI=1S/C23H29N5O4S/c1-14-10-11-17(33-14)19(23(2,3)4)25-20-21(28(31)32-26-20)24-16-9-7-8-15(18(16)29)22(30)27-12-5-6-13-27/h7-11,19,31H,5-6,12-13H2,1-4H3,(H2,25,26,29,30)/p+1/t19-/m0/s1. The minimum absolute atomic E-state index is 0.110. The summed E-state index contributed by atoms with van der Waals surface area (Å²) >= 11 is 1.69. The summed E-state index contributed by atoms with van der Waals surface area (Å²) in [5.41, 5.74) is 0.296. The number of hydrogen-bond donors (Lipinski definition) is 4. The number of phenolic OH excluding ortho intramolecular Hbond substituents is 1. The molecule has 4 N–H and O–H groups in total. The summed E-state index contributed by atoms with van der Waals surface area (Å²) in [6.07, 6.45) is 1.92. The van der Waals surface area contributed by atoms with E-state index in [-0.39, 0.29) is 46.0 Å². The number of likely N-dealkylation sites (tertiary alicyclic amines) is 1. The van der Waals surface area contributed by atoms with Gasteiger partial charge in [-0.2, -0.15) is 0 Å². The van der Waals surface area contributed by atoms with Gasteiger partial charge in [0.2, 0.25) is 0 Å². The van der Waals surface area contributed by atoms with Crippen LogP contribution in [0.2, 0.25) is 0 Å². The summed E-state index contributed by atoms with van der Waals surface area (Å²) in [5, 5.41) is 31.4. The number of hydrogen-bond acceptors (Lipinski definition) is 8. The summed E-state index contributed by atoms with van der Waals surface area (Å²) in [6, 6.07) is 8.92. The van der Waals surface area contributed by atoms with E-state index in [0.29, 0.717) is 18.0 Å². The van der Waals surface area contributed by atoms with Gasteiger partial charge in [0.1, 0.15) is 15.7 Å². The lowest BCUT2D eigenvalue weighted by atomic mass is 9.86. The topological polar surface area (TPSA) is 115 Å². The zero-order valence-corrected chi connectivity index (χ0v) is 20.1. The molecule has 0 unspecified atom stereocenters. The van der Waals surface area contributed by atoms with Crippen LogP contribution in [-0.2, 0) is 0 Å². The lowest BCUT2D eigenvalue weighted by Gasteiger charge is -2.29. The van der Waals surface area contributed by atoms with Crippen molar-refractivity contribution in [1.29, 1.82) is 0 Å². The number of benzene rings is 1. The molecule has 1 amide bonds. The second-order valence-corrected chi connectivity index (χ2v) is 10.7. The molecule has 1 aliphatic heterocycles. The highest BCUT2D eigenvalue weighted by molar-refractivity contribution is 7.12. The molecule has 33 heavy (non-hydrogen) atoms. The molecule has 1 saturated heterocycles. The molecule has 0 aliphatic carbocycles. The summed E-state index contributed by atoms with van der Waals surface area (Å²) in [7, 11) is 0. The molecule has 0 saturated carbocycles. The van der Waals surface area contributed by atoms with Crippen LogP contribution in [0.4, 0.5) is 17.3 Å². The maximum atomic E-state index is 12.8. The van der Waals surface area contributed by atoms with Gasteiger partial charge < -0.3 is 20.5 Å². The van der Waals surface area contributed by atoms with Gasteiger partial charge in [-0.05, 0) is 49.4 Å². The highest BCUT2D eigenvalue weighted by atomic mass is 32.1. The van der Waals surface area contributed by atoms with Crippen LogP contribution in [-0.4, -0.2) is 39.4 Å². The summed E-state index contributed by atoms with van der Waals surface area (Å²) in [6.45, 7) is 9.75. The van der Waals surface area contributed by atoms with Gasteiger partial charge in [-0.25, -0.2) is 0 Å². The Hall–Kier alpha value is -3.27. The summed E-state index contributed by atoms with van der Waals surface area (Å²) in [4.78, 5) is 17.4. The monoisotopic (exact) mass is 472 g/mol. The van der Waals surface area contributed by atoms with E-state index in [1.165, 1.54) is 4.88 Å². The summed E-state index contributed by atoms with van der Waals surface area (Å²) in [5.74, 6) is -0.0180. The second kappa shape index (κ2) is 8.93. The van der Waals surface area contributed by atoms with Crippen LogP contribution in [0, 0.1) is 12.3 Å². The van der Waals surface area contributed by atoms with Gasteiger partial charge in [0.05, 0.1) is 11.6 Å². The fourth-order valence-electron chi connectivity index (χ4n) is 3.95. The third-order valence-corrected chi connectivity index (χ3v) is 6.80.